The van der Waals surface area contributed by atoms with Crippen LogP contribution in [0.3, 0.4) is 0 Å². The Hall–Kier alpha value is -1.98. The van der Waals surface area contributed by atoms with E-state index in [-0.39, 0.29) is 6.09 Å². The molecule has 1 saturated heterocycles. The predicted molar refractivity (Wildman–Crippen MR) is 96.8 cm³/mol. The molecule has 0 aromatic heterocycles. The highest BCUT2D eigenvalue weighted by atomic mass is 32.2. The quantitative estimate of drug-likeness (QED) is 0.788. The fraction of sp³-hybridized carbons (Fsp3) is 0.316. The molecule has 126 valence electrons. The van der Waals surface area contributed by atoms with Crippen molar-refractivity contribution in [3.8, 4) is 0 Å². The highest BCUT2D eigenvalue weighted by Gasteiger charge is 2.22. The van der Waals surface area contributed by atoms with E-state index in [0.717, 1.165) is 18.7 Å². The number of carbonyl (C=O) groups is 1. The molecule has 0 saturated carbocycles. The van der Waals surface area contributed by atoms with Gasteiger partial charge in [0, 0.05) is 31.1 Å². The van der Waals surface area contributed by atoms with Crippen LogP contribution in [0.4, 0.5) is 4.79 Å². The Labute approximate surface area is 147 Å². The summed E-state index contributed by atoms with van der Waals surface area (Å²) in [5.41, 5.74) is 2.28. The Bertz CT molecular complexity index is 653. The lowest BCUT2D eigenvalue weighted by molar-refractivity contribution is 0.0850. The first-order valence-electron chi connectivity index (χ1n) is 8.16. The zero-order valence-electron chi connectivity index (χ0n) is 13.9. The molecule has 1 heterocycles. The molecule has 1 amide bonds. The lowest BCUT2D eigenvalue weighted by Crippen LogP contribution is -2.46. The highest BCUT2D eigenvalue weighted by molar-refractivity contribution is 7.97. The summed E-state index contributed by atoms with van der Waals surface area (Å²) in [6.07, 6.45) is -0.223. The Morgan fingerprint density at radius 1 is 1.00 bits per heavy atom. The van der Waals surface area contributed by atoms with Crippen molar-refractivity contribution >= 4 is 18.0 Å². The highest BCUT2D eigenvalue weighted by Crippen LogP contribution is 2.24. The second kappa shape index (κ2) is 8.22. The van der Waals surface area contributed by atoms with Crippen LogP contribution < -0.4 is 0 Å². The summed E-state index contributed by atoms with van der Waals surface area (Å²) in [7, 11) is 0. The van der Waals surface area contributed by atoms with Crippen molar-refractivity contribution in [3.63, 3.8) is 0 Å². The number of nitrogens with zero attached hydrogens (tertiary/aromatic N) is 2. The minimum absolute atomic E-state index is 0.223. The normalized spacial score (nSPS) is 15.3. The summed E-state index contributed by atoms with van der Waals surface area (Å²) < 4.78 is 7.69. The van der Waals surface area contributed by atoms with Crippen LogP contribution in [0.1, 0.15) is 11.1 Å². The zero-order chi connectivity index (χ0) is 16.8. The molecule has 0 unspecified atom stereocenters. The molecule has 3 rings (SSSR count). The third-order valence-corrected chi connectivity index (χ3v) is 5.06. The van der Waals surface area contributed by atoms with Crippen molar-refractivity contribution in [2.75, 3.05) is 26.2 Å². The third-order valence-electron chi connectivity index (χ3n) is 3.96. The van der Waals surface area contributed by atoms with Gasteiger partial charge in [-0.25, -0.2) is 9.10 Å². The molecule has 1 aliphatic rings. The number of aryl methyl sites for hydroxylation is 1. The van der Waals surface area contributed by atoms with Gasteiger partial charge in [-0.05, 0) is 36.6 Å². The number of hydrogen-bond acceptors (Lipinski definition) is 4. The average molecular weight is 342 g/mol. The Balaban J connectivity index is 1.42. The molecule has 2 aromatic rings. The molecule has 0 atom stereocenters. The van der Waals surface area contributed by atoms with Crippen LogP contribution in [-0.4, -0.2) is 41.5 Å². The summed E-state index contributed by atoms with van der Waals surface area (Å²) in [6, 6.07) is 18.3. The van der Waals surface area contributed by atoms with E-state index < -0.39 is 0 Å². The molecule has 5 heteroatoms. The van der Waals surface area contributed by atoms with E-state index in [9.17, 15) is 4.79 Å². The van der Waals surface area contributed by atoms with E-state index in [1.165, 1.54) is 10.5 Å². The number of ether oxygens (including phenoxy) is 1. The Kier molecular flexibility index (Phi) is 5.77. The van der Waals surface area contributed by atoms with E-state index in [4.69, 9.17) is 4.74 Å². The molecule has 1 aliphatic heterocycles. The van der Waals surface area contributed by atoms with Crippen molar-refractivity contribution in [3.05, 3.63) is 65.7 Å². The van der Waals surface area contributed by atoms with Gasteiger partial charge in [-0.15, -0.1) is 0 Å². The molecule has 24 heavy (non-hydrogen) atoms. The monoisotopic (exact) mass is 342 g/mol. The smallest absolute Gasteiger partial charge is 0.410 e. The summed E-state index contributed by atoms with van der Waals surface area (Å²) >= 11 is 1.75. The molecule has 0 N–H and O–H groups in total. The number of carbonyl (C=O) groups excluding carboxylic acids is 1. The topological polar surface area (TPSA) is 32.8 Å². The van der Waals surface area contributed by atoms with Crippen molar-refractivity contribution in [1.82, 2.24) is 9.21 Å². The van der Waals surface area contributed by atoms with Gasteiger partial charge in [-0.1, -0.05) is 48.0 Å². The van der Waals surface area contributed by atoms with Crippen LogP contribution in [0.2, 0.25) is 0 Å². The minimum atomic E-state index is -0.223. The SMILES string of the molecule is Cc1ccc(SN2CCN(C(=O)OCc3ccccc3)CC2)cc1. The lowest BCUT2D eigenvalue weighted by atomic mass is 10.2. The lowest BCUT2D eigenvalue weighted by Gasteiger charge is -2.33. The third kappa shape index (κ3) is 4.76. The maximum atomic E-state index is 12.2. The first-order valence-corrected chi connectivity index (χ1v) is 8.93. The maximum Gasteiger partial charge on any atom is 0.410 e. The van der Waals surface area contributed by atoms with E-state index in [2.05, 4.69) is 35.5 Å². The minimum Gasteiger partial charge on any atom is -0.445 e. The number of piperazine rings is 1. The van der Waals surface area contributed by atoms with Crippen molar-refractivity contribution in [1.29, 1.82) is 0 Å². The molecule has 0 aliphatic carbocycles. The summed E-state index contributed by atoms with van der Waals surface area (Å²) in [5.74, 6) is 0. The van der Waals surface area contributed by atoms with Crippen LogP contribution in [0.15, 0.2) is 59.5 Å². The molecular weight excluding hydrogens is 320 g/mol. The van der Waals surface area contributed by atoms with Gasteiger partial charge in [-0.3, -0.25) is 0 Å². The summed E-state index contributed by atoms with van der Waals surface area (Å²) in [5, 5.41) is 0. The van der Waals surface area contributed by atoms with E-state index >= 15 is 0 Å². The van der Waals surface area contributed by atoms with E-state index in [1.54, 1.807) is 16.8 Å². The van der Waals surface area contributed by atoms with E-state index in [0.29, 0.717) is 19.7 Å². The Morgan fingerprint density at radius 3 is 2.33 bits per heavy atom. The average Bonchev–Trinajstić information content (AvgIpc) is 2.63. The van der Waals surface area contributed by atoms with Crippen LogP contribution in [0.25, 0.3) is 0 Å². The van der Waals surface area contributed by atoms with Crippen LogP contribution in [0, 0.1) is 6.92 Å². The van der Waals surface area contributed by atoms with Crippen LogP contribution in [-0.2, 0) is 11.3 Å². The first-order chi connectivity index (χ1) is 11.7. The molecule has 1 fully saturated rings. The van der Waals surface area contributed by atoms with E-state index in [1.807, 2.05) is 30.3 Å². The van der Waals surface area contributed by atoms with Gasteiger partial charge in [0.2, 0.25) is 0 Å². The molecule has 0 spiro atoms. The number of benzene rings is 2. The van der Waals surface area contributed by atoms with Gasteiger partial charge in [0.1, 0.15) is 6.61 Å². The molecule has 0 bridgehead atoms. The fourth-order valence-electron chi connectivity index (χ4n) is 2.52. The summed E-state index contributed by atoms with van der Waals surface area (Å²) in [6.45, 7) is 5.52. The molecule has 0 radical (unpaired) electrons. The van der Waals surface area contributed by atoms with Gasteiger partial charge in [-0.2, -0.15) is 0 Å². The van der Waals surface area contributed by atoms with Crippen molar-refractivity contribution < 1.29 is 9.53 Å². The maximum absolute atomic E-state index is 12.2. The number of amides is 1. The number of hydrogen-bond donors (Lipinski definition) is 0. The second-order valence-corrected chi connectivity index (χ2v) is 7.03. The fourth-order valence-corrected chi connectivity index (χ4v) is 3.42. The van der Waals surface area contributed by atoms with Crippen LogP contribution >= 0.6 is 11.9 Å². The van der Waals surface area contributed by atoms with Gasteiger partial charge in [0.05, 0.1) is 0 Å². The largest absolute Gasteiger partial charge is 0.445 e. The molecule has 4 nitrogen and oxygen atoms in total. The Morgan fingerprint density at radius 2 is 1.67 bits per heavy atom. The first kappa shape index (κ1) is 16.9. The standard InChI is InChI=1S/C19H22N2O2S/c1-16-7-9-18(10-8-16)24-21-13-11-20(12-14-21)19(22)23-15-17-5-3-2-4-6-17/h2-10H,11-15H2,1H3. The van der Waals surface area contributed by atoms with Crippen molar-refractivity contribution in [2.24, 2.45) is 0 Å². The molecular formula is C19H22N2O2S. The molecule has 2 aromatic carbocycles. The predicted octanol–water partition coefficient (Wildman–Crippen LogP) is 3.96. The van der Waals surface area contributed by atoms with Gasteiger partial charge in [0.15, 0.2) is 0 Å². The van der Waals surface area contributed by atoms with Gasteiger partial charge < -0.3 is 9.64 Å². The van der Waals surface area contributed by atoms with Crippen molar-refractivity contribution in [2.45, 2.75) is 18.4 Å². The van der Waals surface area contributed by atoms with Crippen LogP contribution in [0.5, 0.6) is 0 Å². The van der Waals surface area contributed by atoms with Gasteiger partial charge in [0.25, 0.3) is 0 Å². The second-order valence-electron chi connectivity index (χ2n) is 5.86. The van der Waals surface area contributed by atoms with Gasteiger partial charge >= 0.3 is 6.09 Å². The zero-order valence-corrected chi connectivity index (χ0v) is 14.7. The number of rotatable bonds is 4. The summed E-state index contributed by atoms with van der Waals surface area (Å²) in [4.78, 5) is 15.2.